The van der Waals surface area contributed by atoms with Gasteiger partial charge in [-0.15, -0.1) is 0 Å². The van der Waals surface area contributed by atoms with Crippen molar-refractivity contribution in [2.75, 3.05) is 0 Å². The smallest absolute Gasteiger partial charge is 0.261 e. The third-order valence-electron chi connectivity index (χ3n) is 2.05. The third-order valence-corrected chi connectivity index (χ3v) is 3.64. The fourth-order valence-electron chi connectivity index (χ4n) is 1.64. The van der Waals surface area contributed by atoms with Crippen molar-refractivity contribution in [2.45, 2.75) is 38.7 Å². The molecule has 16 heavy (non-hydrogen) atoms. The van der Waals surface area contributed by atoms with Gasteiger partial charge in [0.25, 0.3) is 9.05 Å². The van der Waals surface area contributed by atoms with Crippen molar-refractivity contribution in [1.82, 2.24) is 0 Å². The minimum atomic E-state index is -3.69. The standard InChI is InChI=1S/C11H15ClO3S/c1-7(2)15-10-5-8(3)11(9(4)6-10)16(12,13)14/h5-7H,1-4H3. The van der Waals surface area contributed by atoms with Gasteiger partial charge in [0.05, 0.1) is 11.0 Å². The first-order valence-electron chi connectivity index (χ1n) is 4.94. The molecule has 0 unspecified atom stereocenters. The molecule has 0 aromatic heterocycles. The molecule has 5 heteroatoms. The van der Waals surface area contributed by atoms with Crippen LogP contribution in [0.3, 0.4) is 0 Å². The van der Waals surface area contributed by atoms with Crippen molar-refractivity contribution in [3.63, 3.8) is 0 Å². The van der Waals surface area contributed by atoms with E-state index in [-0.39, 0.29) is 11.0 Å². The van der Waals surface area contributed by atoms with Gasteiger partial charge in [0.1, 0.15) is 5.75 Å². The van der Waals surface area contributed by atoms with Crippen LogP contribution in [0.15, 0.2) is 17.0 Å². The molecule has 1 rings (SSSR count). The summed E-state index contributed by atoms with van der Waals surface area (Å²) in [5.41, 5.74) is 1.20. The summed E-state index contributed by atoms with van der Waals surface area (Å²) in [7, 11) is 1.67. The highest BCUT2D eigenvalue weighted by Gasteiger charge is 2.17. The van der Waals surface area contributed by atoms with E-state index < -0.39 is 9.05 Å². The molecule has 0 aliphatic rings. The molecule has 0 radical (unpaired) electrons. The van der Waals surface area contributed by atoms with E-state index in [0.717, 1.165) is 0 Å². The maximum absolute atomic E-state index is 11.3. The summed E-state index contributed by atoms with van der Waals surface area (Å²) in [6.07, 6.45) is 0.0530. The quantitative estimate of drug-likeness (QED) is 0.787. The predicted molar refractivity (Wildman–Crippen MR) is 64.7 cm³/mol. The lowest BCUT2D eigenvalue weighted by atomic mass is 10.1. The zero-order chi connectivity index (χ0) is 12.5. The lowest BCUT2D eigenvalue weighted by Gasteiger charge is -2.13. The highest BCUT2D eigenvalue weighted by atomic mass is 35.7. The van der Waals surface area contributed by atoms with Crippen LogP contribution in [0.2, 0.25) is 0 Å². The van der Waals surface area contributed by atoms with Gasteiger partial charge in [-0.3, -0.25) is 0 Å². The van der Waals surface area contributed by atoms with Crippen LogP contribution < -0.4 is 4.74 Å². The molecule has 0 aliphatic carbocycles. The van der Waals surface area contributed by atoms with E-state index in [2.05, 4.69) is 0 Å². The normalized spacial score (nSPS) is 11.9. The largest absolute Gasteiger partial charge is 0.491 e. The second-order valence-electron chi connectivity index (χ2n) is 3.99. The summed E-state index contributed by atoms with van der Waals surface area (Å²) in [6.45, 7) is 7.23. The molecule has 0 fully saturated rings. The number of rotatable bonds is 3. The van der Waals surface area contributed by atoms with Crippen molar-refractivity contribution >= 4 is 19.7 Å². The molecule has 3 nitrogen and oxygen atoms in total. The molecule has 0 spiro atoms. The first kappa shape index (κ1) is 13.3. The Morgan fingerprint density at radius 2 is 1.62 bits per heavy atom. The SMILES string of the molecule is Cc1cc(OC(C)C)cc(C)c1S(=O)(=O)Cl. The Morgan fingerprint density at radius 1 is 1.19 bits per heavy atom. The Hall–Kier alpha value is -0.740. The van der Waals surface area contributed by atoms with Gasteiger partial charge in [0, 0.05) is 10.7 Å². The molecule has 0 amide bonds. The van der Waals surface area contributed by atoms with Gasteiger partial charge in [-0.05, 0) is 51.0 Å². The summed E-state index contributed by atoms with van der Waals surface area (Å²) in [5.74, 6) is 0.661. The summed E-state index contributed by atoms with van der Waals surface area (Å²) in [6, 6.07) is 3.37. The maximum Gasteiger partial charge on any atom is 0.261 e. The van der Waals surface area contributed by atoms with E-state index in [4.69, 9.17) is 15.4 Å². The Balaban J connectivity index is 3.29. The number of hydrogen-bond acceptors (Lipinski definition) is 3. The Bertz CT molecular complexity index is 469. The molecular weight excluding hydrogens is 248 g/mol. The molecule has 0 saturated carbocycles. The van der Waals surface area contributed by atoms with Crippen LogP contribution in [-0.2, 0) is 9.05 Å². The molecule has 90 valence electrons. The highest BCUT2D eigenvalue weighted by molar-refractivity contribution is 8.13. The van der Waals surface area contributed by atoms with Gasteiger partial charge >= 0.3 is 0 Å². The molecule has 0 saturated heterocycles. The van der Waals surface area contributed by atoms with E-state index >= 15 is 0 Å². The minimum Gasteiger partial charge on any atom is -0.491 e. The van der Waals surface area contributed by atoms with Crippen LogP contribution in [0.1, 0.15) is 25.0 Å². The van der Waals surface area contributed by atoms with Crippen LogP contribution in [0.4, 0.5) is 0 Å². The average molecular weight is 263 g/mol. The first-order valence-corrected chi connectivity index (χ1v) is 7.25. The van der Waals surface area contributed by atoms with Gasteiger partial charge < -0.3 is 4.74 Å². The number of aryl methyl sites for hydroxylation is 2. The van der Waals surface area contributed by atoms with Crippen molar-refractivity contribution < 1.29 is 13.2 Å². The topological polar surface area (TPSA) is 43.4 Å². The van der Waals surface area contributed by atoms with Gasteiger partial charge in [0.15, 0.2) is 0 Å². The van der Waals surface area contributed by atoms with Crippen LogP contribution in [0, 0.1) is 13.8 Å². The van der Waals surface area contributed by atoms with Crippen LogP contribution in [0.25, 0.3) is 0 Å². The number of hydrogen-bond donors (Lipinski definition) is 0. The second kappa shape index (κ2) is 4.63. The van der Waals surface area contributed by atoms with Crippen molar-refractivity contribution in [3.8, 4) is 5.75 Å². The molecule has 0 aliphatic heterocycles. The zero-order valence-electron chi connectivity index (χ0n) is 9.74. The molecule has 0 bridgehead atoms. The van der Waals surface area contributed by atoms with Crippen molar-refractivity contribution in [1.29, 1.82) is 0 Å². The second-order valence-corrected chi connectivity index (χ2v) is 6.49. The predicted octanol–water partition coefficient (Wildman–Crippen LogP) is 3.02. The van der Waals surface area contributed by atoms with Crippen LogP contribution in [0.5, 0.6) is 5.75 Å². The van der Waals surface area contributed by atoms with Crippen LogP contribution in [-0.4, -0.2) is 14.5 Å². The van der Waals surface area contributed by atoms with Crippen molar-refractivity contribution in [2.24, 2.45) is 0 Å². The lowest BCUT2D eigenvalue weighted by molar-refractivity contribution is 0.242. The fraction of sp³-hybridized carbons (Fsp3) is 0.455. The number of ether oxygens (including phenoxy) is 1. The van der Waals surface area contributed by atoms with E-state index in [0.29, 0.717) is 16.9 Å². The molecule has 0 heterocycles. The molecule has 1 aromatic carbocycles. The molecule has 1 aromatic rings. The average Bonchev–Trinajstić information content (AvgIpc) is 1.96. The van der Waals surface area contributed by atoms with E-state index in [9.17, 15) is 8.42 Å². The monoisotopic (exact) mass is 262 g/mol. The highest BCUT2D eigenvalue weighted by Crippen LogP contribution is 2.28. The Morgan fingerprint density at radius 3 is 1.94 bits per heavy atom. The fourth-order valence-corrected chi connectivity index (χ4v) is 3.25. The third kappa shape index (κ3) is 3.12. The Kier molecular flexibility index (Phi) is 3.86. The summed E-state index contributed by atoms with van der Waals surface area (Å²) < 4.78 is 28.2. The maximum atomic E-state index is 11.3. The minimum absolute atomic E-state index is 0.0530. The number of benzene rings is 1. The van der Waals surface area contributed by atoms with Gasteiger partial charge in [-0.25, -0.2) is 8.42 Å². The molecular formula is C11H15ClO3S. The summed E-state index contributed by atoms with van der Waals surface area (Å²) >= 11 is 0. The molecule has 0 atom stereocenters. The zero-order valence-corrected chi connectivity index (χ0v) is 11.3. The summed E-state index contributed by atoms with van der Waals surface area (Å²) in [4.78, 5) is 0.172. The van der Waals surface area contributed by atoms with Gasteiger partial charge in [0.2, 0.25) is 0 Å². The molecule has 0 N–H and O–H groups in total. The summed E-state index contributed by atoms with van der Waals surface area (Å²) in [5, 5.41) is 0. The lowest BCUT2D eigenvalue weighted by Crippen LogP contribution is -2.07. The number of halogens is 1. The van der Waals surface area contributed by atoms with Crippen LogP contribution >= 0.6 is 10.7 Å². The first-order chi connectivity index (χ1) is 7.21. The van der Waals surface area contributed by atoms with Crippen molar-refractivity contribution in [3.05, 3.63) is 23.3 Å². The Labute approximate surface area is 101 Å². The van der Waals surface area contributed by atoms with E-state index in [1.54, 1.807) is 26.0 Å². The van der Waals surface area contributed by atoms with E-state index in [1.807, 2.05) is 13.8 Å². The van der Waals surface area contributed by atoms with Gasteiger partial charge in [-0.2, -0.15) is 0 Å². The van der Waals surface area contributed by atoms with Gasteiger partial charge in [-0.1, -0.05) is 0 Å². The van der Waals surface area contributed by atoms with E-state index in [1.165, 1.54) is 0 Å².